The number of rotatable bonds is 6. The number of nitro groups is 1. The molecule has 7 nitrogen and oxygen atoms in total. The topological polar surface area (TPSA) is 89.8 Å². The van der Waals surface area contributed by atoms with Crippen molar-refractivity contribution < 1.29 is 19.2 Å². The Morgan fingerprint density at radius 2 is 1.76 bits per heavy atom. The highest BCUT2D eigenvalue weighted by molar-refractivity contribution is 5.96. The predicted molar refractivity (Wildman–Crippen MR) is 92.9 cm³/mol. The Balaban J connectivity index is 1.85. The normalized spacial score (nSPS) is 10.4. The number of nitrogens with zero attached hydrogens (tertiary/aromatic N) is 2. The first-order valence-electron chi connectivity index (χ1n) is 7.38. The highest BCUT2D eigenvalue weighted by Gasteiger charge is 2.12. The van der Waals surface area contributed by atoms with Crippen LogP contribution in [0.4, 0.5) is 11.4 Å². The van der Waals surface area contributed by atoms with Crippen molar-refractivity contribution in [1.82, 2.24) is 0 Å². The molecule has 0 aromatic heterocycles. The zero-order chi connectivity index (χ0) is 18.2. The van der Waals surface area contributed by atoms with Gasteiger partial charge in [0.25, 0.3) is 11.6 Å². The highest BCUT2D eigenvalue weighted by Crippen LogP contribution is 2.13. The van der Waals surface area contributed by atoms with Crippen LogP contribution in [-0.4, -0.2) is 30.5 Å². The van der Waals surface area contributed by atoms with Gasteiger partial charge in [-0.1, -0.05) is 18.2 Å². The Bertz CT molecular complexity index is 785. The van der Waals surface area contributed by atoms with Crippen molar-refractivity contribution >= 4 is 29.3 Å². The molecule has 2 aromatic carbocycles. The highest BCUT2D eigenvalue weighted by atomic mass is 16.6. The lowest BCUT2D eigenvalue weighted by Gasteiger charge is -2.16. The summed E-state index contributed by atoms with van der Waals surface area (Å²) in [5, 5.41) is 10.6. The van der Waals surface area contributed by atoms with E-state index in [1.165, 1.54) is 35.2 Å². The summed E-state index contributed by atoms with van der Waals surface area (Å²) < 4.78 is 4.90. The summed E-state index contributed by atoms with van der Waals surface area (Å²) in [6, 6.07) is 14.7. The molecule has 0 N–H and O–H groups in total. The van der Waals surface area contributed by atoms with Crippen LogP contribution in [0.1, 0.15) is 5.56 Å². The average Bonchev–Trinajstić information content (AvgIpc) is 2.64. The Morgan fingerprint density at radius 1 is 1.12 bits per heavy atom. The van der Waals surface area contributed by atoms with Crippen LogP contribution >= 0.6 is 0 Å². The molecule has 0 bridgehead atoms. The molecule has 0 atom stereocenters. The van der Waals surface area contributed by atoms with Gasteiger partial charge in [-0.25, -0.2) is 4.79 Å². The molecular weight excluding hydrogens is 324 g/mol. The van der Waals surface area contributed by atoms with Crippen LogP contribution in [0.25, 0.3) is 6.08 Å². The van der Waals surface area contributed by atoms with Crippen LogP contribution in [-0.2, 0) is 14.3 Å². The number of amides is 1. The predicted octanol–water partition coefficient (Wildman–Crippen LogP) is 2.81. The fraction of sp³-hybridized carbons (Fsp3) is 0.111. The summed E-state index contributed by atoms with van der Waals surface area (Å²) >= 11 is 0. The van der Waals surface area contributed by atoms with Gasteiger partial charge in [0.2, 0.25) is 0 Å². The minimum Gasteiger partial charge on any atom is -0.452 e. The number of benzene rings is 2. The number of hydrogen-bond acceptors (Lipinski definition) is 5. The Labute approximate surface area is 144 Å². The fourth-order valence-electron chi connectivity index (χ4n) is 1.94. The Hall–Kier alpha value is -3.48. The molecule has 2 rings (SSSR count). The second kappa shape index (κ2) is 8.39. The number of likely N-dealkylation sites (N-methyl/N-ethyl adjacent to an activating group) is 1. The van der Waals surface area contributed by atoms with Gasteiger partial charge in [0.05, 0.1) is 4.92 Å². The van der Waals surface area contributed by atoms with Crippen molar-refractivity contribution in [2.24, 2.45) is 0 Å². The van der Waals surface area contributed by atoms with Gasteiger partial charge >= 0.3 is 5.97 Å². The first-order valence-corrected chi connectivity index (χ1v) is 7.38. The van der Waals surface area contributed by atoms with Crippen molar-refractivity contribution in [1.29, 1.82) is 0 Å². The van der Waals surface area contributed by atoms with Crippen molar-refractivity contribution in [3.63, 3.8) is 0 Å². The smallest absolute Gasteiger partial charge is 0.331 e. The minimum atomic E-state index is -0.673. The van der Waals surface area contributed by atoms with Crippen molar-refractivity contribution in [3.8, 4) is 0 Å². The van der Waals surface area contributed by atoms with E-state index in [1.807, 2.05) is 6.07 Å². The van der Waals surface area contributed by atoms with E-state index in [0.29, 0.717) is 11.3 Å². The quantitative estimate of drug-likeness (QED) is 0.349. The molecule has 0 aliphatic heterocycles. The van der Waals surface area contributed by atoms with E-state index in [4.69, 9.17) is 4.74 Å². The zero-order valence-electron chi connectivity index (χ0n) is 13.5. The lowest BCUT2D eigenvalue weighted by atomic mass is 10.2. The van der Waals surface area contributed by atoms with Gasteiger partial charge in [0.1, 0.15) is 0 Å². The Morgan fingerprint density at radius 3 is 2.36 bits per heavy atom. The lowest BCUT2D eigenvalue weighted by molar-refractivity contribution is -0.384. The molecule has 0 aliphatic carbocycles. The van der Waals surface area contributed by atoms with Gasteiger partial charge < -0.3 is 9.64 Å². The van der Waals surface area contributed by atoms with E-state index in [9.17, 15) is 19.7 Å². The monoisotopic (exact) mass is 340 g/mol. The summed E-state index contributed by atoms with van der Waals surface area (Å²) in [7, 11) is 1.60. The van der Waals surface area contributed by atoms with E-state index in [1.54, 1.807) is 31.3 Å². The van der Waals surface area contributed by atoms with E-state index in [0.717, 1.165) is 6.08 Å². The first-order chi connectivity index (χ1) is 12.0. The van der Waals surface area contributed by atoms with Crippen LogP contribution in [0, 0.1) is 10.1 Å². The molecule has 2 aromatic rings. The molecule has 1 amide bonds. The van der Waals surface area contributed by atoms with E-state index in [2.05, 4.69) is 0 Å². The molecule has 0 spiro atoms. The van der Waals surface area contributed by atoms with Crippen molar-refractivity contribution in [2.75, 3.05) is 18.6 Å². The summed E-state index contributed by atoms with van der Waals surface area (Å²) in [6.45, 7) is -0.380. The number of esters is 1. The maximum absolute atomic E-state index is 12.0. The third-order valence-electron chi connectivity index (χ3n) is 3.37. The summed E-state index contributed by atoms with van der Waals surface area (Å²) in [4.78, 5) is 35.1. The molecule has 0 heterocycles. The average molecular weight is 340 g/mol. The zero-order valence-corrected chi connectivity index (χ0v) is 13.5. The van der Waals surface area contributed by atoms with E-state index >= 15 is 0 Å². The number of ether oxygens (including phenoxy) is 1. The van der Waals surface area contributed by atoms with Gasteiger partial charge in [-0.05, 0) is 35.9 Å². The minimum absolute atomic E-state index is 0.0331. The maximum Gasteiger partial charge on any atom is 0.331 e. The van der Waals surface area contributed by atoms with Crippen LogP contribution in [0.2, 0.25) is 0 Å². The third kappa shape index (κ3) is 5.28. The lowest BCUT2D eigenvalue weighted by Crippen LogP contribution is -2.30. The molecule has 25 heavy (non-hydrogen) atoms. The molecule has 0 saturated carbocycles. The number of anilines is 1. The summed E-state index contributed by atoms with van der Waals surface area (Å²) in [5.74, 6) is -1.03. The fourth-order valence-corrected chi connectivity index (χ4v) is 1.94. The van der Waals surface area contributed by atoms with Gasteiger partial charge in [-0.2, -0.15) is 0 Å². The molecule has 128 valence electrons. The number of nitro benzene ring substituents is 1. The van der Waals surface area contributed by atoms with Gasteiger partial charge in [0, 0.05) is 30.9 Å². The molecular formula is C18H16N2O5. The Kier molecular flexibility index (Phi) is 6.00. The molecule has 0 fully saturated rings. The molecule has 7 heteroatoms. The number of para-hydroxylation sites is 1. The standard InChI is InChI=1S/C18H16N2O5/c1-19(15-5-3-2-4-6-15)17(21)13-25-18(22)12-9-14-7-10-16(11-8-14)20(23)24/h2-12H,13H2,1H3. The van der Waals surface area contributed by atoms with Crippen LogP contribution in [0.15, 0.2) is 60.7 Å². The van der Waals surface area contributed by atoms with Crippen molar-refractivity contribution in [3.05, 3.63) is 76.4 Å². The SMILES string of the molecule is CN(C(=O)COC(=O)C=Cc1ccc([N+](=O)[O-])cc1)c1ccccc1. The van der Waals surface area contributed by atoms with Gasteiger partial charge in [-0.15, -0.1) is 0 Å². The maximum atomic E-state index is 12.0. The van der Waals surface area contributed by atoms with E-state index in [-0.39, 0.29) is 18.2 Å². The second-order valence-corrected chi connectivity index (χ2v) is 5.08. The van der Waals surface area contributed by atoms with Crippen LogP contribution in [0.3, 0.4) is 0 Å². The molecule has 0 unspecified atom stereocenters. The van der Waals surface area contributed by atoms with Gasteiger partial charge in [-0.3, -0.25) is 14.9 Å². The third-order valence-corrected chi connectivity index (χ3v) is 3.37. The largest absolute Gasteiger partial charge is 0.452 e. The van der Waals surface area contributed by atoms with E-state index < -0.39 is 10.9 Å². The number of carbonyl (C=O) groups excluding carboxylic acids is 2. The van der Waals surface area contributed by atoms with Gasteiger partial charge in [0.15, 0.2) is 6.61 Å². The summed E-state index contributed by atoms with van der Waals surface area (Å²) in [5.41, 5.74) is 1.27. The van der Waals surface area contributed by atoms with Crippen molar-refractivity contribution in [2.45, 2.75) is 0 Å². The van der Waals surface area contributed by atoms with Crippen LogP contribution < -0.4 is 4.90 Å². The number of carbonyl (C=O) groups is 2. The summed E-state index contributed by atoms with van der Waals surface area (Å²) in [6.07, 6.45) is 2.62. The number of non-ortho nitro benzene ring substituents is 1. The number of hydrogen-bond donors (Lipinski definition) is 0. The first kappa shape index (κ1) is 17.9. The second-order valence-electron chi connectivity index (χ2n) is 5.08. The van der Waals surface area contributed by atoms with Crippen LogP contribution in [0.5, 0.6) is 0 Å². The molecule has 0 saturated heterocycles. The molecule has 0 radical (unpaired) electrons. The molecule has 0 aliphatic rings.